The third-order valence-electron chi connectivity index (χ3n) is 3.97. The van der Waals surface area contributed by atoms with Crippen molar-refractivity contribution in [2.45, 2.75) is 51.7 Å². The van der Waals surface area contributed by atoms with Gasteiger partial charge in [0.25, 0.3) is 0 Å². The molecule has 1 fully saturated rings. The molecular formula is C17H26O4. The van der Waals surface area contributed by atoms with Crippen LogP contribution in [0.15, 0.2) is 18.2 Å². The maximum Gasteiger partial charge on any atom is 0.161 e. The third-order valence-corrected chi connectivity index (χ3v) is 3.97. The van der Waals surface area contributed by atoms with Crippen molar-refractivity contribution in [1.29, 1.82) is 0 Å². The summed E-state index contributed by atoms with van der Waals surface area (Å²) in [4.78, 5) is 0. The van der Waals surface area contributed by atoms with Gasteiger partial charge >= 0.3 is 0 Å². The fourth-order valence-corrected chi connectivity index (χ4v) is 2.80. The lowest BCUT2D eigenvalue weighted by molar-refractivity contribution is -0.108. The zero-order chi connectivity index (χ0) is 15.3. The van der Waals surface area contributed by atoms with Gasteiger partial charge in [0.1, 0.15) is 0 Å². The average molecular weight is 294 g/mol. The summed E-state index contributed by atoms with van der Waals surface area (Å²) in [5.74, 6) is 1.43. The van der Waals surface area contributed by atoms with Gasteiger partial charge in [0.05, 0.1) is 31.5 Å². The van der Waals surface area contributed by atoms with Crippen molar-refractivity contribution in [3.05, 3.63) is 23.8 Å². The Morgan fingerprint density at radius 1 is 1.19 bits per heavy atom. The molecule has 0 aliphatic carbocycles. The standard InChI is InChI=1S/C17H26O4/c1-4-14-12-17(18,9-10-21-14)13-7-8-15(19-5-2)16(11-13)20-6-3/h7-8,11,14,18H,4-6,9-10,12H2,1-3H3. The highest BCUT2D eigenvalue weighted by atomic mass is 16.5. The van der Waals surface area contributed by atoms with Gasteiger partial charge in [-0.1, -0.05) is 13.0 Å². The molecular weight excluding hydrogens is 268 g/mol. The van der Waals surface area contributed by atoms with Crippen LogP contribution in [0.4, 0.5) is 0 Å². The number of rotatable bonds is 6. The highest BCUT2D eigenvalue weighted by Gasteiger charge is 2.36. The lowest BCUT2D eigenvalue weighted by atomic mass is 9.83. The summed E-state index contributed by atoms with van der Waals surface area (Å²) in [7, 11) is 0. The van der Waals surface area contributed by atoms with Gasteiger partial charge in [-0.25, -0.2) is 0 Å². The predicted octanol–water partition coefficient (Wildman–Crippen LogP) is 3.26. The topological polar surface area (TPSA) is 47.9 Å². The molecule has 0 spiro atoms. The molecule has 1 saturated heterocycles. The van der Waals surface area contributed by atoms with Crippen molar-refractivity contribution in [3.8, 4) is 11.5 Å². The van der Waals surface area contributed by atoms with Gasteiger partial charge in [0.15, 0.2) is 11.5 Å². The van der Waals surface area contributed by atoms with E-state index in [0.29, 0.717) is 38.4 Å². The minimum absolute atomic E-state index is 0.117. The summed E-state index contributed by atoms with van der Waals surface area (Å²) in [5.41, 5.74) is 0.0476. The molecule has 2 rings (SSSR count). The van der Waals surface area contributed by atoms with Gasteiger partial charge in [-0.05, 0) is 38.0 Å². The molecule has 118 valence electrons. The highest BCUT2D eigenvalue weighted by molar-refractivity contribution is 5.44. The van der Waals surface area contributed by atoms with Crippen LogP contribution in [0.2, 0.25) is 0 Å². The molecule has 1 aliphatic heterocycles. The van der Waals surface area contributed by atoms with Crippen LogP contribution in [0, 0.1) is 0 Å². The van der Waals surface area contributed by atoms with Gasteiger partial charge in [-0.3, -0.25) is 0 Å². The zero-order valence-electron chi connectivity index (χ0n) is 13.2. The second-order valence-electron chi connectivity index (χ2n) is 5.41. The molecule has 2 unspecified atom stereocenters. The van der Waals surface area contributed by atoms with E-state index in [1.165, 1.54) is 0 Å². The SMILES string of the molecule is CCOc1ccc(C2(O)CCOC(CC)C2)cc1OCC. The second-order valence-corrected chi connectivity index (χ2v) is 5.41. The van der Waals surface area contributed by atoms with E-state index in [2.05, 4.69) is 6.92 Å². The lowest BCUT2D eigenvalue weighted by Gasteiger charge is -2.37. The lowest BCUT2D eigenvalue weighted by Crippen LogP contribution is -2.38. The fraction of sp³-hybridized carbons (Fsp3) is 0.647. The third kappa shape index (κ3) is 3.69. The quantitative estimate of drug-likeness (QED) is 0.875. The van der Waals surface area contributed by atoms with E-state index in [4.69, 9.17) is 14.2 Å². The van der Waals surface area contributed by atoms with E-state index in [1.54, 1.807) is 0 Å². The van der Waals surface area contributed by atoms with Crippen molar-refractivity contribution in [2.75, 3.05) is 19.8 Å². The molecule has 1 aromatic rings. The first-order valence-corrected chi connectivity index (χ1v) is 7.87. The van der Waals surface area contributed by atoms with E-state index in [-0.39, 0.29) is 6.10 Å². The molecule has 1 aromatic carbocycles. The summed E-state index contributed by atoms with van der Waals surface area (Å²) in [6, 6.07) is 5.73. The van der Waals surface area contributed by atoms with Crippen LogP contribution < -0.4 is 9.47 Å². The largest absolute Gasteiger partial charge is 0.490 e. The molecule has 0 saturated carbocycles. The van der Waals surface area contributed by atoms with Crippen molar-refractivity contribution in [1.82, 2.24) is 0 Å². The Hall–Kier alpha value is -1.26. The minimum Gasteiger partial charge on any atom is -0.490 e. The molecule has 4 nitrogen and oxygen atoms in total. The Morgan fingerprint density at radius 3 is 2.57 bits per heavy atom. The molecule has 4 heteroatoms. The van der Waals surface area contributed by atoms with Crippen LogP contribution in [0.1, 0.15) is 45.6 Å². The fourth-order valence-electron chi connectivity index (χ4n) is 2.80. The van der Waals surface area contributed by atoms with E-state index < -0.39 is 5.60 Å². The molecule has 0 bridgehead atoms. The average Bonchev–Trinajstić information content (AvgIpc) is 2.49. The van der Waals surface area contributed by atoms with Crippen LogP contribution in [-0.2, 0) is 10.3 Å². The first-order valence-electron chi connectivity index (χ1n) is 7.87. The second kappa shape index (κ2) is 7.14. The van der Waals surface area contributed by atoms with E-state index in [0.717, 1.165) is 17.7 Å². The van der Waals surface area contributed by atoms with E-state index >= 15 is 0 Å². The molecule has 2 atom stereocenters. The summed E-state index contributed by atoms with van der Waals surface area (Å²) < 4.78 is 16.9. The molecule has 1 N–H and O–H groups in total. The van der Waals surface area contributed by atoms with Gasteiger partial charge in [-0.15, -0.1) is 0 Å². The van der Waals surface area contributed by atoms with Gasteiger partial charge in [0, 0.05) is 12.8 Å². The highest BCUT2D eigenvalue weighted by Crippen LogP contribution is 2.39. The summed E-state index contributed by atoms with van der Waals surface area (Å²) in [6.45, 7) is 7.73. The van der Waals surface area contributed by atoms with Crippen LogP contribution in [0.3, 0.4) is 0 Å². The maximum atomic E-state index is 11.0. The Bertz CT molecular complexity index is 460. The van der Waals surface area contributed by atoms with Crippen molar-refractivity contribution >= 4 is 0 Å². The molecule has 1 heterocycles. The zero-order valence-corrected chi connectivity index (χ0v) is 13.2. The first kappa shape index (κ1) is 16.1. The molecule has 0 amide bonds. The van der Waals surface area contributed by atoms with Crippen molar-refractivity contribution in [3.63, 3.8) is 0 Å². The molecule has 1 aliphatic rings. The van der Waals surface area contributed by atoms with Crippen molar-refractivity contribution in [2.24, 2.45) is 0 Å². The van der Waals surface area contributed by atoms with Gasteiger partial charge in [-0.2, -0.15) is 0 Å². The molecule has 21 heavy (non-hydrogen) atoms. The van der Waals surface area contributed by atoms with E-state index in [9.17, 15) is 5.11 Å². The number of hydrogen-bond acceptors (Lipinski definition) is 4. The van der Waals surface area contributed by atoms with E-state index in [1.807, 2.05) is 32.0 Å². The Kier molecular flexibility index (Phi) is 5.48. The number of hydrogen-bond donors (Lipinski definition) is 1. The number of ether oxygens (including phenoxy) is 3. The normalized spacial score (nSPS) is 25.6. The predicted molar refractivity (Wildman–Crippen MR) is 81.9 cm³/mol. The van der Waals surface area contributed by atoms with Crippen molar-refractivity contribution < 1.29 is 19.3 Å². The van der Waals surface area contributed by atoms with Crippen LogP contribution in [-0.4, -0.2) is 31.0 Å². The smallest absolute Gasteiger partial charge is 0.161 e. The Morgan fingerprint density at radius 2 is 1.90 bits per heavy atom. The number of aliphatic hydroxyl groups is 1. The minimum atomic E-state index is -0.838. The van der Waals surface area contributed by atoms with Gasteiger partial charge < -0.3 is 19.3 Å². The molecule has 0 aromatic heterocycles. The monoisotopic (exact) mass is 294 g/mol. The summed E-state index contributed by atoms with van der Waals surface area (Å²) in [5, 5.41) is 11.0. The molecule has 0 radical (unpaired) electrons. The summed E-state index contributed by atoms with van der Waals surface area (Å²) in [6.07, 6.45) is 2.27. The maximum absolute atomic E-state index is 11.0. The summed E-state index contributed by atoms with van der Waals surface area (Å²) >= 11 is 0. The van der Waals surface area contributed by atoms with Crippen LogP contribution in [0.5, 0.6) is 11.5 Å². The Balaban J connectivity index is 2.28. The number of benzene rings is 1. The Labute approximate surface area is 127 Å². The first-order chi connectivity index (χ1) is 10.1. The van der Waals surface area contributed by atoms with Crippen LogP contribution >= 0.6 is 0 Å². The van der Waals surface area contributed by atoms with Gasteiger partial charge in [0.2, 0.25) is 0 Å². The van der Waals surface area contributed by atoms with Crippen LogP contribution in [0.25, 0.3) is 0 Å².